The number of halogens is 4. The summed E-state index contributed by atoms with van der Waals surface area (Å²) in [4.78, 5) is 3.12. The third-order valence-electron chi connectivity index (χ3n) is 4.64. The Labute approximate surface area is 193 Å². The normalized spacial score (nSPS) is 11.7. The number of nitrogens with zero attached hydrogens (tertiary/aromatic N) is 2. The highest BCUT2D eigenvalue weighted by Gasteiger charge is 2.29. The van der Waals surface area contributed by atoms with Gasteiger partial charge in [0.15, 0.2) is 0 Å². The van der Waals surface area contributed by atoms with Gasteiger partial charge < -0.3 is 0 Å². The standard InChI is InChI=1S/C22H15Cl2F2N3O2S/c23-16-10-6-14(7-11-16)20-19(22(25)26)21(15-8-12-17(24)13-9-15)29(27-20)28-32(30,31)18-4-2-1-3-5-18/h1-13,22,28H. The van der Waals surface area contributed by atoms with E-state index in [2.05, 4.69) is 9.93 Å². The number of alkyl halides is 2. The Hall–Kier alpha value is -2.94. The van der Waals surface area contributed by atoms with Crippen LogP contribution in [0.2, 0.25) is 10.0 Å². The third-order valence-corrected chi connectivity index (χ3v) is 6.45. The molecular weight excluding hydrogens is 479 g/mol. The molecule has 5 nitrogen and oxygen atoms in total. The predicted octanol–water partition coefficient (Wildman–Crippen LogP) is 6.39. The van der Waals surface area contributed by atoms with Crippen LogP contribution in [-0.2, 0) is 10.0 Å². The first-order chi connectivity index (χ1) is 15.3. The van der Waals surface area contributed by atoms with Gasteiger partial charge in [-0.3, -0.25) is 0 Å². The molecule has 1 heterocycles. The first-order valence-electron chi connectivity index (χ1n) is 9.27. The molecule has 4 aromatic rings. The monoisotopic (exact) mass is 493 g/mol. The number of sulfonamides is 1. The topological polar surface area (TPSA) is 64.0 Å². The van der Waals surface area contributed by atoms with Crippen molar-refractivity contribution in [3.05, 3.63) is 94.5 Å². The second-order valence-corrected chi connectivity index (χ2v) is 9.28. The molecule has 1 aromatic heterocycles. The van der Waals surface area contributed by atoms with Crippen LogP contribution in [0.5, 0.6) is 0 Å². The van der Waals surface area contributed by atoms with Gasteiger partial charge in [-0.05, 0) is 36.4 Å². The zero-order chi connectivity index (χ0) is 22.9. The molecule has 0 unspecified atom stereocenters. The predicted molar refractivity (Wildman–Crippen MR) is 121 cm³/mol. The second-order valence-electron chi connectivity index (χ2n) is 6.74. The average Bonchev–Trinajstić information content (AvgIpc) is 3.14. The van der Waals surface area contributed by atoms with E-state index in [1.165, 1.54) is 48.5 Å². The number of hydrogen-bond donors (Lipinski definition) is 1. The van der Waals surface area contributed by atoms with Crippen molar-refractivity contribution in [2.24, 2.45) is 0 Å². The molecule has 0 aliphatic carbocycles. The molecule has 164 valence electrons. The largest absolute Gasteiger partial charge is 0.276 e. The van der Waals surface area contributed by atoms with Crippen LogP contribution in [0.15, 0.2) is 83.8 Å². The Morgan fingerprint density at radius 3 is 1.88 bits per heavy atom. The fourth-order valence-corrected chi connectivity index (χ4v) is 4.41. The Kier molecular flexibility index (Phi) is 6.19. The molecule has 0 saturated heterocycles. The van der Waals surface area contributed by atoms with Crippen LogP contribution in [0.1, 0.15) is 12.0 Å². The first kappa shape index (κ1) is 22.3. The van der Waals surface area contributed by atoms with E-state index in [0.29, 0.717) is 21.2 Å². The lowest BCUT2D eigenvalue weighted by Crippen LogP contribution is -2.25. The molecule has 0 atom stereocenters. The average molecular weight is 494 g/mol. The molecule has 0 amide bonds. The lowest BCUT2D eigenvalue weighted by atomic mass is 10.0. The van der Waals surface area contributed by atoms with Gasteiger partial charge in [-0.1, -0.05) is 65.7 Å². The fraction of sp³-hybridized carbons (Fsp3) is 0.0455. The molecule has 3 aromatic carbocycles. The Balaban J connectivity index is 1.94. The van der Waals surface area contributed by atoms with Crippen LogP contribution in [0.4, 0.5) is 8.78 Å². The lowest BCUT2D eigenvalue weighted by Gasteiger charge is -2.12. The van der Waals surface area contributed by atoms with Crippen molar-refractivity contribution < 1.29 is 17.2 Å². The molecule has 1 N–H and O–H groups in total. The van der Waals surface area contributed by atoms with E-state index in [-0.39, 0.29) is 16.3 Å². The van der Waals surface area contributed by atoms with E-state index in [0.717, 1.165) is 4.79 Å². The molecule has 4 rings (SSSR count). The smallest absolute Gasteiger partial charge is 0.205 e. The number of aromatic nitrogens is 2. The molecule has 0 aliphatic heterocycles. The summed E-state index contributed by atoms with van der Waals surface area (Å²) in [6, 6.07) is 19.8. The fourth-order valence-electron chi connectivity index (χ4n) is 3.18. The van der Waals surface area contributed by atoms with E-state index in [4.69, 9.17) is 23.2 Å². The van der Waals surface area contributed by atoms with Gasteiger partial charge in [0.1, 0.15) is 11.4 Å². The van der Waals surface area contributed by atoms with Crippen LogP contribution < -0.4 is 4.83 Å². The van der Waals surface area contributed by atoms with Gasteiger partial charge in [-0.2, -0.15) is 23.1 Å². The second kappa shape index (κ2) is 8.90. The van der Waals surface area contributed by atoms with Crippen LogP contribution in [0.3, 0.4) is 0 Å². The SMILES string of the molecule is O=S(=O)(Nn1nc(-c2ccc(Cl)cc2)c(C(F)F)c1-c1ccc(Cl)cc1)c1ccccc1. The lowest BCUT2D eigenvalue weighted by molar-refractivity contribution is 0.152. The first-order valence-corrected chi connectivity index (χ1v) is 11.5. The maximum absolute atomic E-state index is 14.3. The van der Waals surface area contributed by atoms with Gasteiger partial charge in [0.25, 0.3) is 16.4 Å². The van der Waals surface area contributed by atoms with E-state index in [1.54, 1.807) is 30.3 Å². The van der Waals surface area contributed by atoms with Crippen molar-refractivity contribution in [3.63, 3.8) is 0 Å². The van der Waals surface area contributed by atoms with Crippen molar-refractivity contribution in [1.29, 1.82) is 0 Å². The Morgan fingerprint density at radius 1 is 0.812 bits per heavy atom. The summed E-state index contributed by atoms with van der Waals surface area (Å²) in [5, 5.41) is 5.04. The van der Waals surface area contributed by atoms with Crippen LogP contribution in [0, 0.1) is 0 Å². The van der Waals surface area contributed by atoms with Gasteiger partial charge in [0, 0.05) is 21.2 Å². The molecule has 0 aliphatic rings. The zero-order valence-corrected chi connectivity index (χ0v) is 18.5. The summed E-state index contributed by atoms with van der Waals surface area (Å²) >= 11 is 11.9. The molecule has 0 saturated carbocycles. The van der Waals surface area contributed by atoms with Gasteiger partial charge in [0.2, 0.25) is 0 Å². The Bertz CT molecular complexity index is 1340. The van der Waals surface area contributed by atoms with Crippen LogP contribution in [0.25, 0.3) is 22.5 Å². The molecule has 10 heteroatoms. The van der Waals surface area contributed by atoms with E-state index in [1.807, 2.05) is 0 Å². The van der Waals surface area contributed by atoms with Crippen LogP contribution in [-0.4, -0.2) is 18.3 Å². The highest BCUT2D eigenvalue weighted by Crippen LogP contribution is 2.39. The third kappa shape index (κ3) is 4.48. The number of rotatable bonds is 6. The summed E-state index contributed by atoms with van der Waals surface area (Å²) in [7, 11) is -4.11. The van der Waals surface area contributed by atoms with Crippen molar-refractivity contribution in [2.75, 3.05) is 4.83 Å². The minimum atomic E-state index is -4.11. The maximum atomic E-state index is 14.3. The van der Waals surface area contributed by atoms with Gasteiger partial charge in [0.05, 0.1) is 10.5 Å². The van der Waals surface area contributed by atoms with E-state index in [9.17, 15) is 17.2 Å². The highest BCUT2D eigenvalue weighted by molar-refractivity contribution is 7.92. The molecule has 0 spiro atoms. The molecule has 0 bridgehead atoms. The van der Waals surface area contributed by atoms with Crippen LogP contribution >= 0.6 is 23.2 Å². The summed E-state index contributed by atoms with van der Waals surface area (Å²) in [6.45, 7) is 0. The zero-order valence-electron chi connectivity index (χ0n) is 16.2. The van der Waals surface area contributed by atoms with Gasteiger partial charge in [-0.15, -0.1) is 0 Å². The minimum absolute atomic E-state index is 0.0378. The number of hydrogen-bond acceptors (Lipinski definition) is 3. The summed E-state index contributed by atoms with van der Waals surface area (Å²) < 4.78 is 54.4. The van der Waals surface area contributed by atoms with E-state index < -0.39 is 22.0 Å². The van der Waals surface area contributed by atoms with Crippen molar-refractivity contribution >= 4 is 33.2 Å². The minimum Gasteiger partial charge on any atom is -0.205 e. The molecular formula is C22H15Cl2F2N3O2S. The number of nitrogens with one attached hydrogen (secondary N) is 1. The summed E-state index contributed by atoms with van der Waals surface area (Å²) in [5.74, 6) is 0. The maximum Gasteiger partial charge on any atom is 0.276 e. The number of benzene rings is 3. The Morgan fingerprint density at radius 2 is 1.34 bits per heavy atom. The summed E-state index contributed by atoms with van der Waals surface area (Å²) in [6.07, 6.45) is -2.94. The molecule has 0 radical (unpaired) electrons. The molecule has 0 fully saturated rings. The van der Waals surface area contributed by atoms with Gasteiger partial charge >= 0.3 is 0 Å². The van der Waals surface area contributed by atoms with Gasteiger partial charge in [-0.25, -0.2) is 8.78 Å². The van der Waals surface area contributed by atoms with Crippen molar-refractivity contribution in [3.8, 4) is 22.5 Å². The summed E-state index contributed by atoms with van der Waals surface area (Å²) in [5.41, 5.74) is 0.0784. The van der Waals surface area contributed by atoms with Crippen molar-refractivity contribution in [1.82, 2.24) is 9.89 Å². The van der Waals surface area contributed by atoms with Crippen molar-refractivity contribution in [2.45, 2.75) is 11.3 Å². The van der Waals surface area contributed by atoms with E-state index >= 15 is 0 Å². The highest BCUT2D eigenvalue weighted by atomic mass is 35.5. The molecule has 32 heavy (non-hydrogen) atoms. The quantitative estimate of drug-likeness (QED) is 0.338.